The third-order valence-electron chi connectivity index (χ3n) is 8.59. The number of hydroxylamine groups is 2. The predicted octanol–water partition coefficient (Wildman–Crippen LogP) is 3.31. The highest BCUT2D eigenvalue weighted by Crippen LogP contribution is 2.42. The van der Waals surface area contributed by atoms with Crippen LogP contribution in [0.3, 0.4) is 0 Å². The van der Waals surface area contributed by atoms with Crippen molar-refractivity contribution in [2.75, 3.05) is 40.5 Å². The van der Waals surface area contributed by atoms with Gasteiger partial charge in [0.25, 0.3) is 5.92 Å². The molecule has 0 amide bonds. The SMILES string of the molecule is COC(=O)C1=C(CN2CC(F)(F)[C@H]3[C@@H]2CON3C[C@H](OC)C(C)(C)C(=O)O)NC(c2nccs2)=N[C@H]1c1ccc(F)c(F)c1C. The summed E-state index contributed by atoms with van der Waals surface area (Å²) in [5.74, 6) is -7.24. The van der Waals surface area contributed by atoms with E-state index >= 15 is 8.78 Å². The molecule has 3 aliphatic rings. The molecule has 0 bridgehead atoms. The summed E-state index contributed by atoms with van der Waals surface area (Å²) in [4.78, 5) is 41.2. The van der Waals surface area contributed by atoms with Crippen LogP contribution in [0.25, 0.3) is 0 Å². The molecule has 2 fully saturated rings. The van der Waals surface area contributed by atoms with E-state index in [1.54, 1.807) is 5.38 Å². The van der Waals surface area contributed by atoms with Crippen molar-refractivity contribution in [3.63, 3.8) is 0 Å². The Bertz CT molecular complexity index is 1540. The van der Waals surface area contributed by atoms with E-state index in [1.165, 1.54) is 56.4 Å². The van der Waals surface area contributed by atoms with Gasteiger partial charge in [-0.2, -0.15) is 5.06 Å². The smallest absolute Gasteiger partial charge is 0.338 e. The van der Waals surface area contributed by atoms with Gasteiger partial charge in [-0.05, 0) is 38.0 Å². The minimum absolute atomic E-state index is 0.0582. The lowest BCUT2D eigenvalue weighted by Gasteiger charge is -2.34. The number of aliphatic carboxylic acids is 1. The van der Waals surface area contributed by atoms with Crippen LogP contribution in [0.4, 0.5) is 17.6 Å². The summed E-state index contributed by atoms with van der Waals surface area (Å²) < 4.78 is 70.6. The Kier molecular flexibility index (Phi) is 9.07. The lowest BCUT2D eigenvalue weighted by atomic mass is 9.86. The third kappa shape index (κ3) is 5.96. The molecule has 0 radical (unpaired) electrons. The number of methoxy groups -OCH3 is 2. The van der Waals surface area contributed by atoms with Crippen molar-refractivity contribution < 1.29 is 46.6 Å². The summed E-state index contributed by atoms with van der Waals surface area (Å²) in [5, 5.41) is 15.9. The zero-order valence-electron chi connectivity index (χ0n) is 25.1. The molecule has 0 aliphatic carbocycles. The van der Waals surface area contributed by atoms with E-state index in [-0.39, 0.29) is 47.9 Å². The van der Waals surface area contributed by atoms with Crippen LogP contribution in [0, 0.1) is 24.0 Å². The lowest BCUT2D eigenvalue weighted by molar-refractivity contribution is -0.205. The molecule has 45 heavy (non-hydrogen) atoms. The summed E-state index contributed by atoms with van der Waals surface area (Å²) >= 11 is 1.23. The molecular formula is C29H33F4N5O6S. The number of carbonyl (C=O) groups is 2. The van der Waals surface area contributed by atoms with Crippen LogP contribution in [0.15, 0.2) is 40.0 Å². The number of alkyl halides is 2. The number of fused-ring (bicyclic) bond motifs is 1. The van der Waals surface area contributed by atoms with Crippen LogP contribution < -0.4 is 5.32 Å². The molecule has 4 atom stereocenters. The molecular weight excluding hydrogens is 622 g/mol. The number of carboxylic acid groups (broad SMARTS) is 1. The Balaban J connectivity index is 1.52. The number of likely N-dealkylation sites (tertiary alicyclic amines) is 1. The van der Waals surface area contributed by atoms with Gasteiger partial charge in [0.15, 0.2) is 22.5 Å². The Morgan fingerprint density at radius 1 is 1.29 bits per heavy atom. The van der Waals surface area contributed by atoms with Crippen molar-refractivity contribution in [3.8, 4) is 0 Å². The average molecular weight is 656 g/mol. The second-order valence-corrected chi connectivity index (χ2v) is 12.5. The first-order valence-corrected chi connectivity index (χ1v) is 14.9. The summed E-state index contributed by atoms with van der Waals surface area (Å²) in [6.45, 7) is 2.96. The Morgan fingerprint density at radius 2 is 2.02 bits per heavy atom. The highest BCUT2D eigenvalue weighted by molar-refractivity contribution is 7.11. The number of aromatic nitrogens is 1. The first-order valence-electron chi connectivity index (χ1n) is 14.0. The van der Waals surface area contributed by atoms with E-state index < -0.39 is 65.7 Å². The molecule has 1 aromatic heterocycles. The van der Waals surface area contributed by atoms with Crippen LogP contribution in [-0.2, 0) is 23.9 Å². The maximum Gasteiger partial charge on any atom is 0.338 e. The van der Waals surface area contributed by atoms with Gasteiger partial charge >= 0.3 is 11.9 Å². The van der Waals surface area contributed by atoms with Gasteiger partial charge in [0, 0.05) is 30.9 Å². The van der Waals surface area contributed by atoms with Crippen molar-refractivity contribution in [1.29, 1.82) is 0 Å². The fraction of sp³-hybridized carbons (Fsp3) is 0.517. The molecule has 0 unspecified atom stereocenters. The van der Waals surface area contributed by atoms with E-state index in [9.17, 15) is 23.5 Å². The van der Waals surface area contributed by atoms with Gasteiger partial charge in [0.2, 0.25) is 0 Å². The number of amidine groups is 1. The third-order valence-corrected chi connectivity index (χ3v) is 9.37. The standard InChI is InChI=1S/C29H33F4N5O6S/c1-14-15(6-7-16(30)21(14)31)22-20(26(39)43-5)17(35-24(36-22)25-34-8-9-45-25)10-37-13-29(32,33)23-18(37)12-44-38(23)11-19(42-4)28(2,3)27(40)41/h6-9,18-19,22-23H,10-13H2,1-5H3,(H,35,36)(H,40,41)/t18-,19-,22-,23+/m0/s1. The fourth-order valence-electron chi connectivity index (χ4n) is 5.96. The van der Waals surface area contributed by atoms with Gasteiger partial charge < -0.3 is 19.9 Å². The number of esters is 1. The second-order valence-electron chi connectivity index (χ2n) is 11.6. The summed E-state index contributed by atoms with van der Waals surface area (Å²) in [7, 11) is 2.46. The van der Waals surface area contributed by atoms with Gasteiger partial charge in [-0.15, -0.1) is 11.3 Å². The number of carboxylic acids is 1. The van der Waals surface area contributed by atoms with Gasteiger partial charge in [0.05, 0.1) is 49.9 Å². The Morgan fingerprint density at radius 3 is 2.64 bits per heavy atom. The zero-order chi connectivity index (χ0) is 32.8. The number of nitrogens with one attached hydrogen (secondary N) is 1. The lowest BCUT2D eigenvalue weighted by Crippen LogP contribution is -2.51. The van der Waals surface area contributed by atoms with Gasteiger partial charge in [0.1, 0.15) is 12.1 Å². The summed E-state index contributed by atoms with van der Waals surface area (Å²) in [6, 6.07) is -1.22. The second kappa shape index (κ2) is 12.4. The number of aliphatic imine (C=N–C) groups is 1. The minimum Gasteiger partial charge on any atom is -0.481 e. The van der Waals surface area contributed by atoms with Crippen molar-refractivity contribution in [3.05, 3.63) is 62.7 Å². The van der Waals surface area contributed by atoms with E-state index in [0.717, 1.165) is 18.2 Å². The molecule has 5 rings (SSSR count). The Hall–Kier alpha value is -3.44. The van der Waals surface area contributed by atoms with Crippen LogP contribution in [-0.4, -0.2) is 102 Å². The van der Waals surface area contributed by atoms with Gasteiger partial charge in [-0.3, -0.25) is 19.5 Å². The average Bonchev–Trinajstić information content (AvgIpc) is 3.73. The molecule has 1 aromatic carbocycles. The molecule has 11 nitrogen and oxygen atoms in total. The summed E-state index contributed by atoms with van der Waals surface area (Å²) in [6.07, 6.45) is 0.570. The molecule has 2 N–H and O–H groups in total. The summed E-state index contributed by atoms with van der Waals surface area (Å²) in [5.41, 5.74) is -1.16. The normalized spacial score (nSPS) is 24.3. The molecule has 0 saturated carbocycles. The zero-order valence-corrected chi connectivity index (χ0v) is 26.0. The van der Waals surface area contributed by atoms with Crippen LogP contribution in [0.2, 0.25) is 0 Å². The van der Waals surface area contributed by atoms with Crippen LogP contribution in [0.1, 0.15) is 36.0 Å². The molecule has 244 valence electrons. The van der Waals surface area contributed by atoms with Crippen molar-refractivity contribution in [2.24, 2.45) is 10.4 Å². The van der Waals surface area contributed by atoms with Crippen LogP contribution in [0.5, 0.6) is 0 Å². The fourth-order valence-corrected chi connectivity index (χ4v) is 6.55. The molecule has 16 heteroatoms. The predicted molar refractivity (Wildman–Crippen MR) is 154 cm³/mol. The largest absolute Gasteiger partial charge is 0.481 e. The number of thiazole rings is 1. The molecule has 3 aliphatic heterocycles. The van der Waals surface area contributed by atoms with Gasteiger partial charge in [-0.1, -0.05) is 6.07 Å². The number of hydrogen-bond acceptors (Lipinski definition) is 11. The number of nitrogens with zero attached hydrogens (tertiary/aromatic N) is 4. The first-order chi connectivity index (χ1) is 21.2. The molecule has 2 aromatic rings. The molecule has 2 saturated heterocycles. The topological polar surface area (TPSA) is 126 Å². The first kappa shape index (κ1) is 32.9. The highest BCUT2D eigenvalue weighted by atomic mass is 32.1. The Labute approximate surface area is 260 Å². The maximum absolute atomic E-state index is 15.7. The van der Waals surface area contributed by atoms with Crippen LogP contribution >= 0.6 is 11.3 Å². The number of carbonyl (C=O) groups excluding carboxylic acids is 1. The number of hydrogen-bond donors (Lipinski definition) is 2. The molecule has 0 spiro atoms. The van der Waals surface area contributed by atoms with E-state index in [0.29, 0.717) is 5.01 Å². The minimum atomic E-state index is -3.30. The van der Waals surface area contributed by atoms with E-state index in [4.69, 9.17) is 14.3 Å². The highest BCUT2D eigenvalue weighted by Gasteiger charge is 2.61. The quantitative estimate of drug-likeness (QED) is 0.291. The van der Waals surface area contributed by atoms with Crippen molar-refractivity contribution in [1.82, 2.24) is 20.3 Å². The maximum atomic E-state index is 15.7. The number of halogens is 4. The van der Waals surface area contributed by atoms with Crippen molar-refractivity contribution >= 4 is 29.1 Å². The number of benzene rings is 1. The number of ether oxygens (including phenoxy) is 2. The van der Waals surface area contributed by atoms with E-state index in [1.807, 2.05) is 0 Å². The monoisotopic (exact) mass is 655 g/mol. The van der Waals surface area contributed by atoms with Gasteiger partial charge in [-0.25, -0.2) is 27.3 Å². The van der Waals surface area contributed by atoms with Crippen molar-refractivity contribution in [2.45, 2.75) is 50.9 Å². The number of rotatable bonds is 10. The van der Waals surface area contributed by atoms with E-state index in [2.05, 4.69) is 15.3 Å². The molecule has 4 heterocycles.